The summed E-state index contributed by atoms with van der Waals surface area (Å²) in [6.07, 6.45) is 0. The Morgan fingerprint density at radius 1 is 1.17 bits per heavy atom. The van der Waals surface area contributed by atoms with Crippen LogP contribution in [0.1, 0.15) is 26.3 Å². The van der Waals surface area contributed by atoms with Gasteiger partial charge in [0, 0.05) is 13.1 Å². The fourth-order valence-electron chi connectivity index (χ4n) is 1.63. The molecule has 0 heterocycles. The zero-order valence-electron chi connectivity index (χ0n) is 11.4. The van der Waals surface area contributed by atoms with Crippen molar-refractivity contribution in [2.75, 3.05) is 19.6 Å². The van der Waals surface area contributed by atoms with Gasteiger partial charge in [-0.25, -0.2) is 4.99 Å². The summed E-state index contributed by atoms with van der Waals surface area (Å²) in [5.74, 6) is 0.733. The maximum absolute atomic E-state index is 10.4. The zero-order chi connectivity index (χ0) is 13.4. The largest absolute Gasteiger partial charge is 0.384 e. The molecule has 1 atom stereocenters. The normalized spacial score (nSPS) is 13.6. The van der Waals surface area contributed by atoms with Crippen molar-refractivity contribution in [2.24, 2.45) is 4.99 Å². The van der Waals surface area contributed by atoms with Crippen molar-refractivity contribution in [2.45, 2.75) is 26.4 Å². The van der Waals surface area contributed by atoms with Gasteiger partial charge in [-0.1, -0.05) is 30.3 Å². The molecule has 4 nitrogen and oxygen atoms in total. The minimum Gasteiger partial charge on any atom is -0.384 e. The van der Waals surface area contributed by atoms with Gasteiger partial charge in [-0.05, 0) is 26.3 Å². The molecule has 0 spiro atoms. The van der Waals surface area contributed by atoms with E-state index in [4.69, 9.17) is 0 Å². The molecule has 0 fully saturated rings. The highest BCUT2D eigenvalue weighted by molar-refractivity contribution is 5.79. The van der Waals surface area contributed by atoms with Gasteiger partial charge in [0.05, 0.1) is 6.54 Å². The maximum Gasteiger partial charge on any atom is 0.191 e. The Morgan fingerprint density at radius 3 is 2.22 bits per heavy atom. The lowest BCUT2D eigenvalue weighted by molar-refractivity contribution is 0.0672. The Hall–Kier alpha value is -1.55. The van der Waals surface area contributed by atoms with Gasteiger partial charge in [0.15, 0.2) is 5.96 Å². The van der Waals surface area contributed by atoms with Crippen LogP contribution in [0.15, 0.2) is 35.3 Å². The van der Waals surface area contributed by atoms with Crippen LogP contribution in [0.25, 0.3) is 0 Å². The molecular weight excluding hydrogens is 226 g/mol. The van der Waals surface area contributed by atoms with Crippen LogP contribution in [0.5, 0.6) is 0 Å². The number of guanidine groups is 1. The summed E-state index contributed by atoms with van der Waals surface area (Å²) in [7, 11) is 0. The molecule has 1 rings (SSSR count). The fraction of sp³-hybridized carbons (Fsp3) is 0.500. The van der Waals surface area contributed by atoms with Crippen molar-refractivity contribution in [1.29, 1.82) is 0 Å². The maximum atomic E-state index is 10.4. The molecule has 18 heavy (non-hydrogen) atoms. The van der Waals surface area contributed by atoms with Gasteiger partial charge in [-0.3, -0.25) is 0 Å². The van der Waals surface area contributed by atoms with Gasteiger partial charge < -0.3 is 15.7 Å². The summed E-state index contributed by atoms with van der Waals surface area (Å²) in [6.45, 7) is 7.75. The van der Waals surface area contributed by atoms with E-state index < -0.39 is 5.60 Å². The first-order valence-electron chi connectivity index (χ1n) is 6.40. The second kappa shape index (κ2) is 7.01. The molecule has 0 amide bonds. The van der Waals surface area contributed by atoms with E-state index in [2.05, 4.69) is 15.6 Å². The molecule has 0 saturated carbocycles. The van der Waals surface area contributed by atoms with E-state index in [9.17, 15) is 5.11 Å². The molecule has 0 aliphatic rings. The van der Waals surface area contributed by atoms with Crippen LogP contribution < -0.4 is 10.6 Å². The van der Waals surface area contributed by atoms with Crippen LogP contribution >= 0.6 is 0 Å². The standard InChI is InChI=1S/C14H23N3O/c1-4-15-13(16-5-2)17-11-14(3,18)12-9-7-6-8-10-12/h6-10,18H,4-5,11H2,1-3H3,(H2,15,16,17). The third-order valence-electron chi connectivity index (χ3n) is 2.63. The average molecular weight is 249 g/mol. The minimum atomic E-state index is -0.947. The highest BCUT2D eigenvalue weighted by Gasteiger charge is 2.22. The molecule has 4 heteroatoms. The lowest BCUT2D eigenvalue weighted by atomic mass is 9.96. The van der Waals surface area contributed by atoms with Gasteiger partial charge in [-0.2, -0.15) is 0 Å². The summed E-state index contributed by atoms with van der Waals surface area (Å²) in [5.41, 5.74) is -0.0711. The van der Waals surface area contributed by atoms with Crippen molar-refractivity contribution in [3.63, 3.8) is 0 Å². The van der Waals surface area contributed by atoms with E-state index in [1.807, 2.05) is 44.2 Å². The summed E-state index contributed by atoms with van der Waals surface area (Å²) in [6, 6.07) is 9.60. The lowest BCUT2D eigenvalue weighted by Gasteiger charge is -2.22. The first-order chi connectivity index (χ1) is 8.60. The van der Waals surface area contributed by atoms with Crippen LogP contribution in [-0.4, -0.2) is 30.7 Å². The van der Waals surface area contributed by atoms with Gasteiger partial charge in [0.2, 0.25) is 0 Å². The van der Waals surface area contributed by atoms with Crippen molar-refractivity contribution in [3.05, 3.63) is 35.9 Å². The van der Waals surface area contributed by atoms with E-state index in [1.54, 1.807) is 6.92 Å². The average Bonchev–Trinajstić information content (AvgIpc) is 2.38. The van der Waals surface area contributed by atoms with Crippen LogP contribution in [0.4, 0.5) is 0 Å². The van der Waals surface area contributed by atoms with Crippen LogP contribution in [0, 0.1) is 0 Å². The molecule has 0 bridgehead atoms. The van der Waals surface area contributed by atoms with E-state index in [-0.39, 0.29) is 0 Å². The minimum absolute atomic E-state index is 0.326. The molecule has 0 aromatic heterocycles. The Bertz CT molecular complexity index is 366. The van der Waals surface area contributed by atoms with Crippen molar-refractivity contribution in [1.82, 2.24) is 10.6 Å². The third-order valence-corrected chi connectivity index (χ3v) is 2.63. The van der Waals surface area contributed by atoms with E-state index in [0.717, 1.165) is 24.6 Å². The number of rotatable bonds is 5. The molecule has 1 aromatic rings. The number of nitrogens with one attached hydrogen (secondary N) is 2. The van der Waals surface area contributed by atoms with Crippen LogP contribution in [0.3, 0.4) is 0 Å². The number of aliphatic imine (C=N–C) groups is 1. The number of hydrogen-bond acceptors (Lipinski definition) is 2. The molecule has 1 unspecified atom stereocenters. The van der Waals surface area contributed by atoms with E-state index in [0.29, 0.717) is 6.54 Å². The van der Waals surface area contributed by atoms with E-state index in [1.165, 1.54) is 0 Å². The number of benzene rings is 1. The molecule has 0 radical (unpaired) electrons. The zero-order valence-corrected chi connectivity index (χ0v) is 11.4. The Labute approximate surface area is 109 Å². The smallest absolute Gasteiger partial charge is 0.191 e. The van der Waals surface area contributed by atoms with Gasteiger partial charge in [0.25, 0.3) is 0 Å². The van der Waals surface area contributed by atoms with Crippen LogP contribution in [0.2, 0.25) is 0 Å². The first-order valence-corrected chi connectivity index (χ1v) is 6.40. The second-order valence-corrected chi connectivity index (χ2v) is 4.37. The van der Waals surface area contributed by atoms with Gasteiger partial charge >= 0.3 is 0 Å². The van der Waals surface area contributed by atoms with E-state index >= 15 is 0 Å². The third kappa shape index (κ3) is 4.37. The molecule has 0 aliphatic heterocycles. The van der Waals surface area contributed by atoms with Gasteiger partial charge in [0.1, 0.15) is 5.60 Å². The number of hydrogen-bond donors (Lipinski definition) is 3. The number of aliphatic hydroxyl groups is 1. The SMILES string of the molecule is CCNC(=NCC(C)(O)c1ccccc1)NCC. The van der Waals surface area contributed by atoms with Gasteiger partial charge in [-0.15, -0.1) is 0 Å². The van der Waals surface area contributed by atoms with Crippen molar-refractivity contribution in [3.8, 4) is 0 Å². The highest BCUT2D eigenvalue weighted by Crippen LogP contribution is 2.20. The summed E-state index contributed by atoms with van der Waals surface area (Å²) >= 11 is 0. The molecule has 0 aliphatic carbocycles. The Morgan fingerprint density at radius 2 is 1.72 bits per heavy atom. The molecule has 1 aromatic carbocycles. The molecule has 100 valence electrons. The Balaban J connectivity index is 2.72. The highest BCUT2D eigenvalue weighted by atomic mass is 16.3. The topological polar surface area (TPSA) is 56.7 Å². The summed E-state index contributed by atoms with van der Waals surface area (Å²) < 4.78 is 0. The second-order valence-electron chi connectivity index (χ2n) is 4.37. The quantitative estimate of drug-likeness (QED) is 0.547. The van der Waals surface area contributed by atoms with Crippen molar-refractivity contribution >= 4 is 5.96 Å². The number of nitrogens with zero attached hydrogens (tertiary/aromatic N) is 1. The predicted molar refractivity (Wildman–Crippen MR) is 75.7 cm³/mol. The Kier molecular flexibility index (Phi) is 5.65. The first kappa shape index (κ1) is 14.5. The summed E-state index contributed by atoms with van der Waals surface area (Å²) in [5, 5.41) is 16.7. The van der Waals surface area contributed by atoms with Crippen molar-refractivity contribution < 1.29 is 5.11 Å². The molecule has 0 saturated heterocycles. The van der Waals surface area contributed by atoms with Crippen LogP contribution in [-0.2, 0) is 5.60 Å². The monoisotopic (exact) mass is 249 g/mol. The fourth-order valence-corrected chi connectivity index (χ4v) is 1.63. The summed E-state index contributed by atoms with van der Waals surface area (Å²) in [4.78, 5) is 4.40. The lowest BCUT2D eigenvalue weighted by Crippen LogP contribution is -2.38. The predicted octanol–water partition coefficient (Wildman–Crippen LogP) is 1.47. The molecular formula is C14H23N3O. The molecule has 3 N–H and O–H groups in total.